The first-order valence-electron chi connectivity index (χ1n) is 4.62. The lowest BCUT2D eigenvalue weighted by atomic mass is 9.96. The van der Waals surface area contributed by atoms with E-state index in [4.69, 9.17) is 5.11 Å². The maximum Gasteiger partial charge on any atom is 0.415 e. The lowest BCUT2D eigenvalue weighted by Crippen LogP contribution is -2.40. The maximum atomic E-state index is 12.3. The van der Waals surface area contributed by atoms with E-state index < -0.39 is 30.1 Å². The van der Waals surface area contributed by atoms with E-state index in [0.717, 1.165) is 12.4 Å². The Morgan fingerprint density at radius 1 is 1.29 bits per heavy atom. The summed E-state index contributed by atoms with van der Waals surface area (Å²) in [6.45, 7) is 0. The van der Waals surface area contributed by atoms with Crippen LogP contribution in [-0.2, 0) is 0 Å². The minimum atomic E-state index is -4.98. The van der Waals surface area contributed by atoms with Crippen LogP contribution < -0.4 is 0 Å². The highest BCUT2D eigenvalue weighted by Gasteiger charge is 2.54. The Morgan fingerprint density at radius 3 is 2.41 bits per heavy atom. The highest BCUT2D eigenvalue weighted by molar-refractivity contribution is 6.01. The van der Waals surface area contributed by atoms with Crippen LogP contribution in [0.5, 0.6) is 0 Å². The van der Waals surface area contributed by atoms with Crippen LogP contribution in [0.3, 0.4) is 0 Å². The zero-order chi connectivity index (χ0) is 12.8. The number of alkyl halides is 3. The fourth-order valence-corrected chi connectivity index (χ4v) is 1.75. The molecule has 0 radical (unpaired) electrons. The highest BCUT2D eigenvalue weighted by atomic mass is 19.4. The quantitative estimate of drug-likeness (QED) is 0.744. The largest absolute Gasteiger partial charge is 0.415 e. The van der Waals surface area contributed by atoms with Crippen molar-refractivity contribution >= 4 is 5.78 Å². The molecule has 2 rings (SSSR count). The summed E-state index contributed by atoms with van der Waals surface area (Å²) in [5, 5.41) is 18.6. The van der Waals surface area contributed by atoms with Crippen LogP contribution in [0.2, 0.25) is 0 Å². The fourth-order valence-electron chi connectivity index (χ4n) is 1.75. The van der Waals surface area contributed by atoms with Crippen LogP contribution in [0.25, 0.3) is 0 Å². The summed E-state index contributed by atoms with van der Waals surface area (Å²) in [6, 6.07) is 0. The molecule has 0 saturated heterocycles. The molecule has 8 heteroatoms. The van der Waals surface area contributed by atoms with Crippen LogP contribution in [0, 0.1) is 5.92 Å². The number of rotatable bonds is 1. The molecule has 3 unspecified atom stereocenters. The molecule has 5 nitrogen and oxygen atoms in total. The standard InChI is InChI=1S/C9H7F3N2O3/c10-9(11,12)8(17)3-6(15)4-5(7(3)16)14-2-1-13-4/h1-3,6,8,15,17H. The third-order valence-corrected chi connectivity index (χ3v) is 2.56. The van der Waals surface area contributed by atoms with E-state index in [1.165, 1.54) is 0 Å². The number of aliphatic hydroxyl groups excluding tert-OH is 2. The number of hydrogen-bond acceptors (Lipinski definition) is 5. The molecular weight excluding hydrogens is 241 g/mol. The number of hydrogen-bond donors (Lipinski definition) is 2. The monoisotopic (exact) mass is 248 g/mol. The molecule has 0 spiro atoms. The number of carbonyl (C=O) groups is 1. The second-order valence-electron chi connectivity index (χ2n) is 3.61. The van der Waals surface area contributed by atoms with E-state index in [1.807, 2.05) is 0 Å². The zero-order valence-corrected chi connectivity index (χ0v) is 8.22. The van der Waals surface area contributed by atoms with Crippen molar-refractivity contribution in [2.24, 2.45) is 5.92 Å². The van der Waals surface area contributed by atoms with Gasteiger partial charge in [-0.1, -0.05) is 0 Å². The van der Waals surface area contributed by atoms with Crippen molar-refractivity contribution in [3.05, 3.63) is 23.8 Å². The smallest absolute Gasteiger partial charge is 0.386 e. The Kier molecular flexibility index (Phi) is 2.63. The predicted octanol–water partition coefficient (Wildman–Crippen LogP) is 0.246. The Hall–Kier alpha value is -1.54. The molecule has 1 aromatic rings. The number of aromatic nitrogens is 2. The van der Waals surface area contributed by atoms with Gasteiger partial charge in [-0.2, -0.15) is 13.2 Å². The summed E-state index contributed by atoms with van der Waals surface area (Å²) in [4.78, 5) is 18.7. The van der Waals surface area contributed by atoms with Gasteiger partial charge in [0.05, 0.1) is 11.6 Å². The summed E-state index contributed by atoms with van der Waals surface area (Å²) in [7, 11) is 0. The maximum absolute atomic E-state index is 12.3. The van der Waals surface area contributed by atoms with Gasteiger partial charge in [-0.05, 0) is 0 Å². The lowest BCUT2D eigenvalue weighted by molar-refractivity contribution is -0.221. The zero-order valence-electron chi connectivity index (χ0n) is 8.22. The molecule has 1 aliphatic carbocycles. The second kappa shape index (κ2) is 3.74. The van der Waals surface area contributed by atoms with Crippen molar-refractivity contribution in [2.75, 3.05) is 0 Å². The summed E-state index contributed by atoms with van der Waals surface area (Å²) in [5.41, 5.74) is -0.556. The molecule has 3 atom stereocenters. The molecule has 1 aromatic heterocycles. The first kappa shape index (κ1) is 11.9. The van der Waals surface area contributed by atoms with Gasteiger partial charge in [0.15, 0.2) is 11.9 Å². The van der Waals surface area contributed by atoms with E-state index in [2.05, 4.69) is 9.97 Å². The van der Waals surface area contributed by atoms with E-state index in [0.29, 0.717) is 0 Å². The number of nitrogens with zero attached hydrogens (tertiary/aromatic N) is 2. The van der Waals surface area contributed by atoms with Gasteiger partial charge >= 0.3 is 6.18 Å². The molecule has 17 heavy (non-hydrogen) atoms. The molecule has 0 aliphatic heterocycles. The lowest BCUT2D eigenvalue weighted by Gasteiger charge is -2.21. The second-order valence-corrected chi connectivity index (χ2v) is 3.61. The van der Waals surface area contributed by atoms with Gasteiger partial charge in [-0.15, -0.1) is 0 Å². The van der Waals surface area contributed by atoms with E-state index in [1.54, 1.807) is 0 Å². The number of fused-ring (bicyclic) bond motifs is 1. The van der Waals surface area contributed by atoms with Crippen molar-refractivity contribution in [1.82, 2.24) is 9.97 Å². The average Bonchev–Trinajstić information content (AvgIpc) is 2.51. The van der Waals surface area contributed by atoms with Gasteiger partial charge < -0.3 is 10.2 Å². The van der Waals surface area contributed by atoms with Gasteiger partial charge in [0, 0.05) is 12.4 Å². The number of Topliss-reactive ketones (excluding diaryl/α,β-unsaturated/α-hetero) is 1. The molecule has 1 aliphatic rings. The molecule has 0 aromatic carbocycles. The van der Waals surface area contributed by atoms with Gasteiger partial charge in [0.1, 0.15) is 11.8 Å². The van der Waals surface area contributed by atoms with Gasteiger partial charge in [-0.3, -0.25) is 9.78 Å². The summed E-state index contributed by atoms with van der Waals surface area (Å²) >= 11 is 0. The normalized spacial score (nSPS) is 25.8. The summed E-state index contributed by atoms with van der Waals surface area (Å²) in [6.07, 6.45) is -7.42. The topological polar surface area (TPSA) is 83.3 Å². The molecule has 0 bridgehead atoms. The molecular formula is C9H7F3N2O3. The Balaban J connectivity index is 2.40. The van der Waals surface area contributed by atoms with E-state index >= 15 is 0 Å². The minimum absolute atomic E-state index is 0.231. The first-order valence-corrected chi connectivity index (χ1v) is 4.62. The average molecular weight is 248 g/mol. The molecule has 0 amide bonds. The SMILES string of the molecule is O=C1c2nccnc2C(O)C1C(O)C(F)(F)F. The van der Waals surface area contributed by atoms with Crippen molar-refractivity contribution in [2.45, 2.75) is 18.4 Å². The van der Waals surface area contributed by atoms with Gasteiger partial charge in [0.2, 0.25) is 0 Å². The van der Waals surface area contributed by atoms with Crippen molar-refractivity contribution in [3.63, 3.8) is 0 Å². The van der Waals surface area contributed by atoms with Crippen LogP contribution >= 0.6 is 0 Å². The van der Waals surface area contributed by atoms with Crippen molar-refractivity contribution in [3.8, 4) is 0 Å². The third-order valence-electron chi connectivity index (χ3n) is 2.56. The summed E-state index contributed by atoms with van der Waals surface area (Å²) < 4.78 is 37.0. The van der Waals surface area contributed by atoms with Gasteiger partial charge in [0.25, 0.3) is 0 Å². The van der Waals surface area contributed by atoms with Crippen LogP contribution in [0.1, 0.15) is 22.3 Å². The molecule has 0 fully saturated rings. The number of ketones is 1. The minimum Gasteiger partial charge on any atom is -0.386 e. The fraction of sp³-hybridized carbons (Fsp3) is 0.444. The predicted molar refractivity (Wildman–Crippen MR) is 46.9 cm³/mol. The van der Waals surface area contributed by atoms with Crippen LogP contribution in [0.15, 0.2) is 12.4 Å². The molecule has 92 valence electrons. The van der Waals surface area contributed by atoms with Gasteiger partial charge in [-0.25, -0.2) is 4.98 Å². The van der Waals surface area contributed by atoms with E-state index in [-0.39, 0.29) is 11.4 Å². The van der Waals surface area contributed by atoms with Crippen LogP contribution in [0.4, 0.5) is 13.2 Å². The third kappa shape index (κ3) is 1.79. The molecule has 2 N–H and O–H groups in total. The van der Waals surface area contributed by atoms with Crippen molar-refractivity contribution < 1.29 is 28.2 Å². The Bertz CT molecular complexity index is 463. The Morgan fingerprint density at radius 2 is 1.88 bits per heavy atom. The first-order chi connectivity index (χ1) is 7.84. The summed E-state index contributed by atoms with van der Waals surface area (Å²) in [5.74, 6) is -3.04. The number of aliphatic hydroxyl groups is 2. The number of halogens is 3. The van der Waals surface area contributed by atoms with Crippen molar-refractivity contribution in [1.29, 1.82) is 0 Å². The molecule has 1 heterocycles. The van der Waals surface area contributed by atoms with E-state index in [9.17, 15) is 23.1 Å². The number of carbonyl (C=O) groups excluding carboxylic acids is 1. The Labute approximate surface area is 92.9 Å². The van der Waals surface area contributed by atoms with Crippen LogP contribution in [-0.4, -0.2) is 38.2 Å². The molecule has 0 saturated carbocycles. The highest BCUT2D eigenvalue weighted by Crippen LogP contribution is 2.40.